The van der Waals surface area contributed by atoms with Crippen LogP contribution in [0.15, 0.2) is 36.4 Å². The van der Waals surface area contributed by atoms with E-state index in [0.717, 1.165) is 49.2 Å². The number of benzene rings is 2. The first-order valence-corrected chi connectivity index (χ1v) is 11.4. The number of aliphatic hydroxyl groups excluding tert-OH is 1. The summed E-state index contributed by atoms with van der Waals surface area (Å²) in [6.07, 6.45) is 7.47. The zero-order valence-electron chi connectivity index (χ0n) is 19.9. The number of aliphatic hydroxyl groups is 1. The molecule has 1 saturated heterocycles. The molecule has 0 spiro atoms. The Balaban J connectivity index is 0.000000257. The zero-order chi connectivity index (χ0) is 24.9. The molecule has 34 heavy (non-hydrogen) atoms. The fourth-order valence-corrected chi connectivity index (χ4v) is 3.89. The maximum Gasteiger partial charge on any atom is 0.165 e. The Morgan fingerprint density at radius 2 is 1.97 bits per heavy atom. The van der Waals surface area contributed by atoms with Crippen molar-refractivity contribution in [1.82, 2.24) is 5.32 Å². The molecule has 1 aliphatic heterocycles. The maximum absolute atomic E-state index is 13.2. The molecule has 0 saturated carbocycles. The molecule has 0 aliphatic carbocycles. The molecule has 2 unspecified atom stereocenters. The lowest BCUT2D eigenvalue weighted by atomic mass is 9.92. The van der Waals surface area contributed by atoms with Gasteiger partial charge in [-0.2, -0.15) is 0 Å². The van der Waals surface area contributed by atoms with E-state index in [1.165, 1.54) is 13.2 Å². The van der Waals surface area contributed by atoms with Crippen molar-refractivity contribution in [3.8, 4) is 5.75 Å². The highest BCUT2D eigenvalue weighted by Gasteiger charge is 2.16. The number of hydrogen-bond acceptors (Lipinski definition) is 7. The van der Waals surface area contributed by atoms with Gasteiger partial charge in [-0.05, 0) is 66.4 Å². The van der Waals surface area contributed by atoms with E-state index < -0.39 is 5.82 Å². The third-order valence-electron chi connectivity index (χ3n) is 5.88. The van der Waals surface area contributed by atoms with Crippen LogP contribution >= 0.6 is 0 Å². The van der Waals surface area contributed by atoms with Gasteiger partial charge >= 0.3 is 0 Å². The van der Waals surface area contributed by atoms with Crippen LogP contribution in [-0.4, -0.2) is 51.4 Å². The minimum Gasteiger partial charge on any atom is -0.494 e. The molecule has 1 aliphatic rings. The summed E-state index contributed by atoms with van der Waals surface area (Å²) in [7, 11) is 3.13. The number of methoxy groups -OCH3 is 1. The number of hydrogen-bond donors (Lipinski definition) is 4. The van der Waals surface area contributed by atoms with Crippen LogP contribution in [0.4, 0.5) is 4.39 Å². The summed E-state index contributed by atoms with van der Waals surface area (Å²) in [6, 6.07) is 9.79. The van der Waals surface area contributed by atoms with Gasteiger partial charge in [0.25, 0.3) is 0 Å². The topological polar surface area (TPSA) is 120 Å². The van der Waals surface area contributed by atoms with Crippen molar-refractivity contribution in [3.63, 3.8) is 0 Å². The highest BCUT2D eigenvalue weighted by molar-refractivity contribution is 5.74. The number of rotatable bonds is 8. The molecule has 1 fully saturated rings. The van der Waals surface area contributed by atoms with Crippen molar-refractivity contribution < 1.29 is 23.8 Å². The molecule has 0 amide bonds. The van der Waals surface area contributed by atoms with E-state index in [0.29, 0.717) is 17.0 Å². The summed E-state index contributed by atoms with van der Waals surface area (Å²) in [5, 5.41) is 13.7. The van der Waals surface area contributed by atoms with Crippen LogP contribution < -0.4 is 32.0 Å². The van der Waals surface area contributed by atoms with E-state index in [1.54, 1.807) is 31.4 Å². The van der Waals surface area contributed by atoms with Gasteiger partial charge in [0, 0.05) is 31.0 Å². The fourth-order valence-electron chi connectivity index (χ4n) is 3.89. The third-order valence-corrected chi connectivity index (χ3v) is 5.88. The number of likely N-dealkylation sites (N-methyl/N-ethyl adjacent to an activating group) is 1. The average Bonchev–Trinajstić information content (AvgIpc) is 2.86. The molecule has 2 aromatic rings. The van der Waals surface area contributed by atoms with Gasteiger partial charge in [0.15, 0.2) is 11.6 Å². The third kappa shape index (κ3) is 8.22. The number of nitrogens with one attached hydrogen (secondary N) is 1. The molecule has 0 radical (unpaired) electrons. The molecule has 8 heteroatoms. The highest BCUT2D eigenvalue weighted by atomic mass is 19.1. The summed E-state index contributed by atoms with van der Waals surface area (Å²) in [5.41, 5.74) is 13.2. The van der Waals surface area contributed by atoms with Crippen molar-refractivity contribution in [3.05, 3.63) is 63.8 Å². The first-order valence-electron chi connectivity index (χ1n) is 11.4. The summed E-state index contributed by atoms with van der Waals surface area (Å²) in [6.45, 7) is 1.60. The normalized spacial score (nSPS) is 17.0. The Morgan fingerprint density at radius 1 is 1.24 bits per heavy atom. The van der Waals surface area contributed by atoms with Crippen LogP contribution in [0.25, 0.3) is 12.3 Å². The van der Waals surface area contributed by atoms with Gasteiger partial charge in [0.05, 0.1) is 19.8 Å². The van der Waals surface area contributed by atoms with E-state index in [1.807, 2.05) is 18.2 Å². The first kappa shape index (κ1) is 27.5. The smallest absolute Gasteiger partial charge is 0.165 e. The number of carbonyl (C=O) groups is 1. The predicted octanol–water partition coefficient (Wildman–Crippen LogP) is 1.21. The minimum absolute atomic E-state index is 0.0290. The molecule has 2 aromatic carbocycles. The Kier molecular flexibility index (Phi) is 11.7. The van der Waals surface area contributed by atoms with Gasteiger partial charge in [-0.3, -0.25) is 4.79 Å². The number of aldehydes is 1. The van der Waals surface area contributed by atoms with Crippen LogP contribution in [0, 0.1) is 11.7 Å². The summed E-state index contributed by atoms with van der Waals surface area (Å²) < 4.78 is 23.4. The molecular weight excluding hydrogens is 437 g/mol. The number of halogens is 1. The largest absolute Gasteiger partial charge is 0.494 e. The number of carbonyl (C=O) groups excluding carboxylic acids is 1. The first-order chi connectivity index (χ1) is 16.4. The quantitative estimate of drug-likeness (QED) is 0.426. The van der Waals surface area contributed by atoms with Gasteiger partial charge in [0.1, 0.15) is 6.29 Å². The second-order valence-electron chi connectivity index (χ2n) is 8.21. The van der Waals surface area contributed by atoms with Gasteiger partial charge in [-0.15, -0.1) is 0 Å². The lowest BCUT2D eigenvalue weighted by Gasteiger charge is -2.23. The lowest BCUT2D eigenvalue weighted by Crippen LogP contribution is -2.32. The summed E-state index contributed by atoms with van der Waals surface area (Å²) >= 11 is 0. The maximum atomic E-state index is 13.2. The Morgan fingerprint density at radius 3 is 2.53 bits per heavy atom. The van der Waals surface area contributed by atoms with E-state index in [4.69, 9.17) is 26.0 Å². The number of nitrogens with two attached hydrogens (primary N) is 2. The Labute approximate surface area is 200 Å². The number of ether oxygens (including phenoxy) is 2. The molecule has 3 rings (SSSR count). The van der Waals surface area contributed by atoms with Crippen LogP contribution in [0.1, 0.15) is 41.2 Å². The monoisotopic (exact) mass is 473 g/mol. The van der Waals surface area contributed by atoms with Crippen molar-refractivity contribution >= 4 is 18.6 Å². The standard InChI is InChI=1S/C16H22N2O2.C10H14FNO2/c17-10-14-2-1-13(11-19)7-15(14)9-16(18)8-12-3-5-20-6-4-12;1-12-9(6-13)7-3-4-10(14-2)8(11)5-7/h1-2,7,9-12,16H,3-6,8,17-18H2;3-5,9,12-13H,6H2,1-2H3/b14-10-,15-9-;. The van der Waals surface area contributed by atoms with Crippen molar-refractivity contribution in [2.75, 3.05) is 34.0 Å². The second kappa shape index (κ2) is 14.5. The van der Waals surface area contributed by atoms with Crippen LogP contribution in [0.3, 0.4) is 0 Å². The van der Waals surface area contributed by atoms with Crippen molar-refractivity contribution in [1.29, 1.82) is 0 Å². The SMILES string of the molecule is CNC(CO)c1ccc(OC)c(F)c1.N/C=c1/ccc(C=O)c/c1=C/C(N)CC1CCOCC1. The molecule has 0 bridgehead atoms. The van der Waals surface area contributed by atoms with Crippen molar-refractivity contribution in [2.45, 2.75) is 31.3 Å². The zero-order valence-corrected chi connectivity index (χ0v) is 19.9. The van der Waals surface area contributed by atoms with Gasteiger partial charge in [-0.25, -0.2) is 4.39 Å². The van der Waals surface area contributed by atoms with Crippen LogP contribution in [0.2, 0.25) is 0 Å². The Hall–Kier alpha value is -2.78. The van der Waals surface area contributed by atoms with Gasteiger partial charge in [-0.1, -0.05) is 24.3 Å². The van der Waals surface area contributed by atoms with Gasteiger partial charge in [0.2, 0.25) is 0 Å². The molecule has 1 heterocycles. The Bertz CT molecular complexity index is 1020. The van der Waals surface area contributed by atoms with E-state index in [9.17, 15) is 9.18 Å². The minimum atomic E-state index is -0.418. The molecular formula is C26H36FN3O4. The van der Waals surface area contributed by atoms with Crippen molar-refractivity contribution in [2.24, 2.45) is 17.4 Å². The molecule has 2 atom stereocenters. The van der Waals surface area contributed by atoms with Crippen LogP contribution in [0.5, 0.6) is 5.75 Å². The molecule has 6 N–H and O–H groups in total. The lowest BCUT2D eigenvalue weighted by molar-refractivity contribution is 0.0634. The summed E-state index contributed by atoms with van der Waals surface area (Å²) in [5.74, 6) is 0.412. The van der Waals surface area contributed by atoms with E-state index in [2.05, 4.69) is 5.32 Å². The summed E-state index contributed by atoms with van der Waals surface area (Å²) in [4.78, 5) is 10.9. The van der Waals surface area contributed by atoms with Gasteiger partial charge < -0.3 is 31.4 Å². The fraction of sp³-hybridized carbons (Fsp3) is 0.423. The molecule has 7 nitrogen and oxygen atoms in total. The molecule has 186 valence electrons. The van der Waals surface area contributed by atoms with E-state index in [-0.39, 0.29) is 24.4 Å². The van der Waals surface area contributed by atoms with Crippen LogP contribution in [-0.2, 0) is 4.74 Å². The molecule has 0 aromatic heterocycles. The average molecular weight is 474 g/mol. The predicted molar refractivity (Wildman–Crippen MR) is 132 cm³/mol. The second-order valence-corrected chi connectivity index (χ2v) is 8.21. The highest BCUT2D eigenvalue weighted by Crippen LogP contribution is 2.21. The van der Waals surface area contributed by atoms with E-state index >= 15 is 0 Å².